The van der Waals surface area contributed by atoms with E-state index in [1.54, 1.807) is 24.1 Å². The molecule has 1 fully saturated rings. The molecule has 0 unspecified atom stereocenters. The predicted molar refractivity (Wildman–Crippen MR) is 90.2 cm³/mol. The summed E-state index contributed by atoms with van der Waals surface area (Å²) in [6.07, 6.45) is 3.08. The maximum atomic E-state index is 12.6. The fourth-order valence-electron chi connectivity index (χ4n) is 2.33. The number of nitrogens with zero attached hydrogens (tertiary/aromatic N) is 2. The summed E-state index contributed by atoms with van der Waals surface area (Å²) in [7, 11) is 0. The molecule has 3 nitrogen and oxygen atoms in total. The molecule has 1 aromatic carbocycles. The average molecular weight is 306 g/mol. The van der Waals surface area contributed by atoms with Crippen LogP contribution in [0.4, 0.5) is 0 Å². The molecular weight excluding hydrogens is 288 g/mol. The van der Waals surface area contributed by atoms with Gasteiger partial charge in [0, 0.05) is 12.1 Å². The zero-order valence-corrected chi connectivity index (χ0v) is 13.3. The summed E-state index contributed by atoms with van der Waals surface area (Å²) in [6, 6.07) is 9.59. The highest BCUT2D eigenvalue weighted by molar-refractivity contribution is 8.24. The van der Waals surface area contributed by atoms with Crippen molar-refractivity contribution in [2.24, 2.45) is 0 Å². The molecule has 0 aliphatic carbocycles. The minimum absolute atomic E-state index is 0.257. The van der Waals surface area contributed by atoms with E-state index in [9.17, 15) is 5.21 Å². The standard InChI is InChI=1S/C15H18N2OS2/c1-4-10-16-13(15(2,3)20-14(16)19)17(18)11-12-8-6-5-7-9-12/h4-9,11,13H,1,10H2,2-3H3/t13-/m1/s1. The average Bonchev–Trinajstić information content (AvgIpc) is 2.60. The number of thiocarbonyl (C=S) groups is 1. The lowest BCUT2D eigenvalue weighted by Crippen LogP contribution is -2.47. The SMILES string of the molecule is C=CCN1C(=S)SC(C)(C)[C@H]1[N+]([O-])=Cc1ccccc1. The lowest BCUT2D eigenvalue weighted by atomic mass is 10.1. The van der Waals surface area contributed by atoms with Gasteiger partial charge in [-0.05, 0) is 26.0 Å². The van der Waals surface area contributed by atoms with Crippen LogP contribution in [0.25, 0.3) is 0 Å². The van der Waals surface area contributed by atoms with E-state index >= 15 is 0 Å². The summed E-state index contributed by atoms with van der Waals surface area (Å²) in [4.78, 5) is 1.93. The number of hydrogen-bond acceptors (Lipinski definition) is 3. The molecule has 20 heavy (non-hydrogen) atoms. The normalized spacial score (nSPS) is 22.1. The second-order valence-corrected chi connectivity index (χ2v) is 7.47. The Morgan fingerprint density at radius 2 is 2.10 bits per heavy atom. The zero-order chi connectivity index (χ0) is 14.8. The molecule has 0 amide bonds. The van der Waals surface area contributed by atoms with Gasteiger partial charge in [0.2, 0.25) is 0 Å². The molecule has 1 heterocycles. The third-order valence-electron chi connectivity index (χ3n) is 3.14. The Morgan fingerprint density at radius 3 is 2.70 bits per heavy atom. The maximum Gasteiger partial charge on any atom is 0.254 e. The summed E-state index contributed by atoms with van der Waals surface area (Å²) < 4.78 is 1.50. The van der Waals surface area contributed by atoms with Crippen LogP contribution >= 0.6 is 24.0 Å². The Morgan fingerprint density at radius 1 is 1.45 bits per heavy atom. The highest BCUT2D eigenvalue weighted by Gasteiger charge is 2.49. The Bertz CT molecular complexity index is 540. The largest absolute Gasteiger partial charge is 0.622 e. The van der Waals surface area contributed by atoms with Gasteiger partial charge in [-0.1, -0.05) is 48.3 Å². The number of hydroxylamine groups is 1. The van der Waals surface area contributed by atoms with Crippen LogP contribution < -0.4 is 0 Å². The molecule has 2 rings (SSSR count). The third-order valence-corrected chi connectivity index (χ3v) is 4.78. The monoisotopic (exact) mass is 306 g/mol. The van der Waals surface area contributed by atoms with Crippen molar-refractivity contribution in [1.29, 1.82) is 0 Å². The summed E-state index contributed by atoms with van der Waals surface area (Å²) >= 11 is 6.94. The van der Waals surface area contributed by atoms with Crippen molar-refractivity contribution >= 4 is 34.5 Å². The maximum absolute atomic E-state index is 12.6. The predicted octanol–water partition coefficient (Wildman–Crippen LogP) is 3.24. The molecule has 0 bridgehead atoms. The Balaban J connectivity index is 2.34. The zero-order valence-electron chi connectivity index (χ0n) is 11.7. The van der Waals surface area contributed by atoms with Gasteiger partial charge in [0.25, 0.3) is 6.17 Å². The summed E-state index contributed by atoms with van der Waals surface area (Å²) in [5.74, 6) is 0. The number of hydrogen-bond donors (Lipinski definition) is 0. The molecular formula is C15H18N2OS2. The molecule has 0 aromatic heterocycles. The molecule has 0 spiro atoms. The van der Waals surface area contributed by atoms with Crippen LogP contribution in [0.5, 0.6) is 0 Å². The molecule has 1 atom stereocenters. The van der Waals surface area contributed by atoms with Crippen LogP contribution in [0.1, 0.15) is 19.4 Å². The number of rotatable bonds is 4. The van der Waals surface area contributed by atoms with Crippen molar-refractivity contribution in [2.45, 2.75) is 24.8 Å². The fourth-order valence-corrected chi connectivity index (χ4v) is 4.22. The number of benzene rings is 1. The highest BCUT2D eigenvalue weighted by Crippen LogP contribution is 2.41. The van der Waals surface area contributed by atoms with E-state index in [0.29, 0.717) is 6.54 Å². The lowest BCUT2D eigenvalue weighted by Gasteiger charge is -2.29. The molecule has 0 radical (unpaired) electrons. The van der Waals surface area contributed by atoms with Crippen molar-refractivity contribution in [3.05, 3.63) is 53.8 Å². The van der Waals surface area contributed by atoms with Gasteiger partial charge in [-0.2, -0.15) is 4.74 Å². The second kappa shape index (κ2) is 5.97. The van der Waals surface area contributed by atoms with Gasteiger partial charge in [-0.3, -0.25) is 4.90 Å². The smallest absolute Gasteiger partial charge is 0.254 e. The molecule has 0 saturated carbocycles. The van der Waals surface area contributed by atoms with Crippen LogP contribution in [-0.4, -0.2) is 37.6 Å². The van der Waals surface area contributed by atoms with Crippen LogP contribution in [0.3, 0.4) is 0 Å². The Labute approximate surface area is 129 Å². The summed E-state index contributed by atoms with van der Waals surface area (Å²) in [5, 5.41) is 12.6. The van der Waals surface area contributed by atoms with E-state index < -0.39 is 0 Å². The summed E-state index contributed by atoms with van der Waals surface area (Å²) in [5.41, 5.74) is 0.889. The molecule has 1 aromatic rings. The van der Waals surface area contributed by atoms with E-state index in [0.717, 1.165) is 14.6 Å². The van der Waals surface area contributed by atoms with Crippen LogP contribution in [0.15, 0.2) is 43.0 Å². The molecule has 1 aliphatic heterocycles. The first-order valence-electron chi connectivity index (χ1n) is 6.41. The van der Waals surface area contributed by atoms with Gasteiger partial charge < -0.3 is 5.21 Å². The Kier molecular flexibility index (Phi) is 4.50. The van der Waals surface area contributed by atoms with Gasteiger partial charge in [0.15, 0.2) is 6.21 Å². The quantitative estimate of drug-likeness (QED) is 0.213. The fraction of sp³-hybridized carbons (Fsp3) is 0.333. The van der Waals surface area contributed by atoms with E-state index in [1.165, 1.54) is 0 Å². The van der Waals surface area contributed by atoms with E-state index in [1.807, 2.05) is 49.1 Å². The van der Waals surface area contributed by atoms with Gasteiger partial charge in [0.05, 0.1) is 0 Å². The van der Waals surface area contributed by atoms with Crippen LogP contribution in [0.2, 0.25) is 0 Å². The first-order valence-corrected chi connectivity index (χ1v) is 7.64. The van der Waals surface area contributed by atoms with Crippen molar-refractivity contribution in [3.8, 4) is 0 Å². The molecule has 5 heteroatoms. The van der Waals surface area contributed by atoms with Crippen LogP contribution in [0, 0.1) is 5.21 Å². The second-order valence-electron chi connectivity index (χ2n) is 5.19. The van der Waals surface area contributed by atoms with Gasteiger partial charge in [-0.25, -0.2) is 0 Å². The molecule has 106 valence electrons. The van der Waals surface area contributed by atoms with Gasteiger partial charge >= 0.3 is 0 Å². The van der Waals surface area contributed by atoms with Gasteiger partial charge in [-0.15, -0.1) is 6.58 Å². The van der Waals surface area contributed by atoms with Gasteiger partial charge in [0.1, 0.15) is 9.07 Å². The number of thioether (sulfide) groups is 1. The highest BCUT2D eigenvalue weighted by atomic mass is 32.2. The van der Waals surface area contributed by atoms with E-state index in [2.05, 4.69) is 6.58 Å². The topological polar surface area (TPSA) is 29.3 Å². The molecule has 1 aliphatic rings. The first-order chi connectivity index (χ1) is 9.45. The summed E-state index contributed by atoms with van der Waals surface area (Å²) in [6.45, 7) is 8.41. The Hall–Kier alpha value is -1.33. The third kappa shape index (κ3) is 3.04. The molecule has 0 N–H and O–H groups in total. The van der Waals surface area contributed by atoms with Crippen molar-refractivity contribution in [3.63, 3.8) is 0 Å². The minimum atomic E-state index is -0.321. The van der Waals surface area contributed by atoms with E-state index in [-0.39, 0.29) is 10.9 Å². The first kappa shape index (κ1) is 15.1. The lowest BCUT2D eigenvalue weighted by molar-refractivity contribution is -0.523. The van der Waals surface area contributed by atoms with Crippen LogP contribution in [-0.2, 0) is 0 Å². The minimum Gasteiger partial charge on any atom is -0.622 e. The molecule has 1 saturated heterocycles. The van der Waals surface area contributed by atoms with Crippen molar-refractivity contribution < 1.29 is 4.74 Å². The van der Waals surface area contributed by atoms with Crippen molar-refractivity contribution in [2.75, 3.05) is 6.54 Å². The van der Waals surface area contributed by atoms with E-state index in [4.69, 9.17) is 12.2 Å². The van der Waals surface area contributed by atoms with Crippen molar-refractivity contribution in [1.82, 2.24) is 4.90 Å².